The fourth-order valence-corrected chi connectivity index (χ4v) is 4.00. The lowest BCUT2D eigenvalue weighted by molar-refractivity contribution is -0.119. The zero-order valence-corrected chi connectivity index (χ0v) is 19.4. The Balaban J connectivity index is 1.89. The van der Waals surface area contributed by atoms with E-state index in [0.717, 1.165) is 55.4 Å². The van der Waals surface area contributed by atoms with Crippen LogP contribution in [-0.2, 0) is 21.5 Å². The predicted molar refractivity (Wildman–Crippen MR) is 123 cm³/mol. The summed E-state index contributed by atoms with van der Waals surface area (Å²) in [4.78, 5) is 19.3. The van der Waals surface area contributed by atoms with Crippen LogP contribution in [0, 0.1) is 11.8 Å². The van der Waals surface area contributed by atoms with Gasteiger partial charge < -0.3 is 14.2 Å². The molecule has 2 aromatic rings. The van der Waals surface area contributed by atoms with Gasteiger partial charge in [0.25, 0.3) is 0 Å². The van der Waals surface area contributed by atoms with Crippen LogP contribution in [0.1, 0.15) is 59.7 Å². The Morgan fingerprint density at radius 3 is 2.60 bits per heavy atom. The molecule has 0 spiro atoms. The highest BCUT2D eigenvalue weighted by atomic mass is 16.5. The SMILES string of the molecule is CC(C)CC(=O)N(C)c1cccc(-c2cn(CC3CCOCC3)c(C(C)(C)C)n2)c1. The van der Waals surface area contributed by atoms with Gasteiger partial charge in [0.2, 0.25) is 5.91 Å². The largest absolute Gasteiger partial charge is 0.381 e. The minimum Gasteiger partial charge on any atom is -0.381 e. The molecule has 1 aromatic heterocycles. The van der Waals surface area contributed by atoms with Gasteiger partial charge in [-0.1, -0.05) is 46.8 Å². The highest BCUT2D eigenvalue weighted by Crippen LogP contribution is 2.30. The lowest BCUT2D eigenvalue weighted by atomic mass is 9.94. The predicted octanol–water partition coefficient (Wildman–Crippen LogP) is 5.28. The molecule has 1 aliphatic rings. The van der Waals surface area contributed by atoms with E-state index in [9.17, 15) is 4.79 Å². The number of rotatable bonds is 6. The molecule has 5 heteroatoms. The number of imidazole rings is 1. The summed E-state index contributed by atoms with van der Waals surface area (Å²) in [5.41, 5.74) is 2.89. The number of aromatic nitrogens is 2. The van der Waals surface area contributed by atoms with Gasteiger partial charge in [-0.05, 0) is 36.8 Å². The molecule has 3 rings (SSSR count). The second kappa shape index (κ2) is 9.34. The summed E-state index contributed by atoms with van der Waals surface area (Å²) in [6.07, 6.45) is 4.95. The van der Waals surface area contributed by atoms with Gasteiger partial charge in [0.1, 0.15) is 5.82 Å². The molecular formula is C25H37N3O2. The third-order valence-corrected chi connectivity index (χ3v) is 5.73. The van der Waals surface area contributed by atoms with Crippen LogP contribution in [0.4, 0.5) is 5.69 Å². The first kappa shape index (κ1) is 22.5. The van der Waals surface area contributed by atoms with Crippen LogP contribution in [0.5, 0.6) is 0 Å². The third kappa shape index (κ3) is 5.51. The lowest BCUT2D eigenvalue weighted by Crippen LogP contribution is -2.27. The maximum Gasteiger partial charge on any atom is 0.226 e. The molecular weight excluding hydrogens is 374 g/mol. The molecule has 0 bridgehead atoms. The minimum atomic E-state index is -0.0367. The van der Waals surface area contributed by atoms with Gasteiger partial charge in [-0.25, -0.2) is 4.98 Å². The van der Waals surface area contributed by atoms with Crippen molar-refractivity contribution >= 4 is 11.6 Å². The van der Waals surface area contributed by atoms with Crippen LogP contribution in [0.2, 0.25) is 0 Å². The van der Waals surface area contributed by atoms with Gasteiger partial charge >= 0.3 is 0 Å². The molecule has 1 amide bonds. The van der Waals surface area contributed by atoms with Crippen LogP contribution in [0.25, 0.3) is 11.3 Å². The Bertz CT molecular complexity index is 858. The number of nitrogens with zero attached hydrogens (tertiary/aromatic N) is 3. The molecule has 1 aliphatic heterocycles. The smallest absolute Gasteiger partial charge is 0.226 e. The van der Waals surface area contributed by atoms with Crippen molar-refractivity contribution in [3.05, 3.63) is 36.3 Å². The number of ether oxygens (including phenoxy) is 1. The van der Waals surface area contributed by atoms with Crippen molar-refractivity contribution < 1.29 is 9.53 Å². The molecule has 1 saturated heterocycles. The summed E-state index contributed by atoms with van der Waals surface area (Å²) in [7, 11) is 1.86. The first-order valence-electron chi connectivity index (χ1n) is 11.2. The summed E-state index contributed by atoms with van der Waals surface area (Å²) >= 11 is 0. The average molecular weight is 412 g/mol. The maximum absolute atomic E-state index is 12.5. The van der Waals surface area contributed by atoms with E-state index in [1.165, 1.54) is 0 Å². The number of anilines is 1. The molecule has 30 heavy (non-hydrogen) atoms. The van der Waals surface area contributed by atoms with E-state index < -0.39 is 0 Å². The first-order valence-corrected chi connectivity index (χ1v) is 11.2. The molecule has 0 radical (unpaired) electrons. The van der Waals surface area contributed by atoms with Crippen molar-refractivity contribution in [1.82, 2.24) is 9.55 Å². The molecule has 164 valence electrons. The summed E-state index contributed by atoms with van der Waals surface area (Å²) in [5, 5.41) is 0. The number of benzene rings is 1. The highest BCUT2D eigenvalue weighted by molar-refractivity contribution is 5.93. The number of carbonyl (C=O) groups is 1. The van der Waals surface area contributed by atoms with Crippen LogP contribution < -0.4 is 4.90 Å². The van der Waals surface area contributed by atoms with Crippen molar-refractivity contribution in [3.63, 3.8) is 0 Å². The number of carbonyl (C=O) groups excluding carboxylic acids is 1. The van der Waals surface area contributed by atoms with Crippen molar-refractivity contribution in [2.75, 3.05) is 25.2 Å². The normalized spacial score (nSPS) is 15.6. The van der Waals surface area contributed by atoms with E-state index in [4.69, 9.17) is 9.72 Å². The van der Waals surface area contributed by atoms with E-state index in [-0.39, 0.29) is 11.3 Å². The molecule has 1 aromatic carbocycles. The number of hydrogen-bond acceptors (Lipinski definition) is 3. The Morgan fingerprint density at radius 2 is 1.97 bits per heavy atom. The summed E-state index contributed by atoms with van der Waals surface area (Å²) in [6, 6.07) is 8.16. The third-order valence-electron chi connectivity index (χ3n) is 5.73. The average Bonchev–Trinajstić information content (AvgIpc) is 3.12. The molecule has 0 unspecified atom stereocenters. The molecule has 0 aliphatic carbocycles. The standard InChI is InChI=1S/C25H37N3O2/c1-18(2)14-23(29)27(6)21-9-7-8-20(15-21)22-17-28(24(26-22)25(3,4)5)16-19-10-12-30-13-11-19/h7-9,15,17-19H,10-14,16H2,1-6H3. The van der Waals surface area contributed by atoms with Crippen molar-refractivity contribution in [3.8, 4) is 11.3 Å². The zero-order valence-electron chi connectivity index (χ0n) is 19.4. The van der Waals surface area contributed by atoms with Gasteiger partial charge in [0.05, 0.1) is 5.69 Å². The van der Waals surface area contributed by atoms with Gasteiger partial charge in [-0.2, -0.15) is 0 Å². The lowest BCUT2D eigenvalue weighted by Gasteiger charge is -2.25. The fourth-order valence-electron chi connectivity index (χ4n) is 4.00. The van der Waals surface area contributed by atoms with Crippen molar-refractivity contribution in [2.24, 2.45) is 11.8 Å². The van der Waals surface area contributed by atoms with Gasteiger partial charge in [-0.15, -0.1) is 0 Å². The quantitative estimate of drug-likeness (QED) is 0.649. The van der Waals surface area contributed by atoms with E-state index >= 15 is 0 Å². The van der Waals surface area contributed by atoms with Crippen LogP contribution >= 0.6 is 0 Å². The Hall–Kier alpha value is -2.14. The van der Waals surface area contributed by atoms with Crippen molar-refractivity contribution in [2.45, 2.75) is 65.8 Å². The van der Waals surface area contributed by atoms with Crippen molar-refractivity contribution in [1.29, 1.82) is 0 Å². The topological polar surface area (TPSA) is 47.4 Å². The highest BCUT2D eigenvalue weighted by Gasteiger charge is 2.25. The Kier molecular flexibility index (Phi) is 7.02. The van der Waals surface area contributed by atoms with Crippen LogP contribution in [0.15, 0.2) is 30.5 Å². The molecule has 1 fully saturated rings. The van der Waals surface area contributed by atoms with E-state index in [1.807, 2.05) is 19.2 Å². The zero-order chi connectivity index (χ0) is 21.9. The monoisotopic (exact) mass is 411 g/mol. The Morgan fingerprint density at radius 1 is 1.27 bits per heavy atom. The summed E-state index contributed by atoms with van der Waals surface area (Å²) in [5.74, 6) is 2.23. The molecule has 5 nitrogen and oxygen atoms in total. The second-order valence-corrected chi connectivity index (χ2v) is 10.0. The molecule has 0 saturated carbocycles. The summed E-state index contributed by atoms with van der Waals surface area (Å²) < 4.78 is 7.87. The first-order chi connectivity index (χ1) is 14.1. The number of amides is 1. The van der Waals surface area contributed by atoms with Gasteiger partial charge in [0, 0.05) is 56.1 Å². The number of hydrogen-bond donors (Lipinski definition) is 0. The molecule has 0 N–H and O–H groups in total. The van der Waals surface area contributed by atoms with E-state index in [1.54, 1.807) is 4.90 Å². The minimum absolute atomic E-state index is 0.0367. The second-order valence-electron chi connectivity index (χ2n) is 10.0. The van der Waals surface area contributed by atoms with Gasteiger partial charge in [-0.3, -0.25) is 4.79 Å². The van der Waals surface area contributed by atoms with Crippen LogP contribution in [0.3, 0.4) is 0 Å². The molecule has 2 heterocycles. The van der Waals surface area contributed by atoms with E-state index in [2.05, 4.69) is 57.5 Å². The fraction of sp³-hybridized carbons (Fsp3) is 0.600. The van der Waals surface area contributed by atoms with Gasteiger partial charge in [0.15, 0.2) is 0 Å². The van der Waals surface area contributed by atoms with Crippen LogP contribution in [-0.4, -0.2) is 35.7 Å². The summed E-state index contributed by atoms with van der Waals surface area (Å²) in [6.45, 7) is 13.5. The molecule has 0 atom stereocenters. The Labute approximate surface area is 181 Å². The van der Waals surface area contributed by atoms with E-state index in [0.29, 0.717) is 18.3 Å². The maximum atomic E-state index is 12.5.